The van der Waals surface area contributed by atoms with Crippen molar-refractivity contribution in [1.82, 2.24) is 29.8 Å². The van der Waals surface area contributed by atoms with Crippen LogP contribution in [0.5, 0.6) is 0 Å². The van der Waals surface area contributed by atoms with Gasteiger partial charge in [0, 0.05) is 61.1 Å². The first-order valence-electron chi connectivity index (χ1n) is 11.1. The van der Waals surface area contributed by atoms with Gasteiger partial charge in [-0.3, -0.25) is 9.36 Å². The number of H-pyrrole nitrogens is 1. The van der Waals surface area contributed by atoms with Crippen LogP contribution < -0.4 is 10.2 Å². The number of nitrogens with zero attached hydrogens (tertiary/aromatic N) is 5. The van der Waals surface area contributed by atoms with Crippen molar-refractivity contribution in [2.24, 2.45) is 5.92 Å². The zero-order valence-electron chi connectivity index (χ0n) is 18.2. The summed E-state index contributed by atoms with van der Waals surface area (Å²) in [5.41, 5.74) is 2.38. The fourth-order valence-electron chi connectivity index (χ4n) is 4.44. The molecule has 1 fully saturated rings. The summed E-state index contributed by atoms with van der Waals surface area (Å²) in [5.74, 6) is 2.79. The average molecular weight is 430 g/mol. The number of aromatic amines is 1. The zero-order chi connectivity index (χ0) is 21.9. The molecule has 5 rings (SSSR count). The number of para-hydroxylation sites is 1. The summed E-state index contributed by atoms with van der Waals surface area (Å²) in [6.07, 6.45) is 9.76. The molecule has 0 aliphatic carbocycles. The van der Waals surface area contributed by atoms with Gasteiger partial charge in [-0.2, -0.15) is 0 Å². The summed E-state index contributed by atoms with van der Waals surface area (Å²) < 4.78 is 1.94. The number of hydrogen-bond acceptors (Lipinski definition) is 5. The van der Waals surface area contributed by atoms with Crippen molar-refractivity contribution in [1.29, 1.82) is 0 Å². The van der Waals surface area contributed by atoms with Crippen molar-refractivity contribution in [2.45, 2.75) is 26.2 Å². The number of carbonyl (C=O) groups excluding carboxylic acids is 1. The maximum absolute atomic E-state index is 12.7. The molecule has 0 radical (unpaired) electrons. The first kappa shape index (κ1) is 20.2. The van der Waals surface area contributed by atoms with Gasteiger partial charge in [0.2, 0.25) is 5.91 Å². The molecule has 32 heavy (non-hydrogen) atoms. The summed E-state index contributed by atoms with van der Waals surface area (Å²) in [6.45, 7) is 4.21. The van der Waals surface area contributed by atoms with Crippen LogP contribution in [-0.4, -0.2) is 50.0 Å². The van der Waals surface area contributed by atoms with E-state index in [1.54, 1.807) is 12.5 Å². The Kier molecular flexibility index (Phi) is 5.58. The third kappa shape index (κ3) is 4.08. The minimum absolute atomic E-state index is 0.0476. The summed E-state index contributed by atoms with van der Waals surface area (Å²) in [7, 11) is 0. The van der Waals surface area contributed by atoms with Gasteiger partial charge in [-0.25, -0.2) is 15.0 Å². The summed E-state index contributed by atoms with van der Waals surface area (Å²) in [4.78, 5) is 31.3. The normalized spacial score (nSPS) is 14.7. The minimum Gasteiger partial charge on any atom is -0.361 e. The maximum Gasteiger partial charge on any atom is 0.223 e. The summed E-state index contributed by atoms with van der Waals surface area (Å²) >= 11 is 0. The molecular formula is C24H27N7O. The topological polar surface area (TPSA) is 91.7 Å². The molecule has 8 heteroatoms. The van der Waals surface area contributed by atoms with Crippen molar-refractivity contribution in [3.63, 3.8) is 0 Å². The fourth-order valence-corrected chi connectivity index (χ4v) is 4.44. The quantitative estimate of drug-likeness (QED) is 0.492. The smallest absolute Gasteiger partial charge is 0.223 e. The number of hydrogen-bond donors (Lipinski definition) is 2. The lowest BCUT2D eigenvalue weighted by molar-refractivity contribution is -0.125. The third-order valence-electron chi connectivity index (χ3n) is 6.27. The van der Waals surface area contributed by atoms with Gasteiger partial charge in [-0.15, -0.1) is 0 Å². The van der Waals surface area contributed by atoms with E-state index in [9.17, 15) is 4.79 Å². The van der Waals surface area contributed by atoms with Crippen LogP contribution in [0.2, 0.25) is 0 Å². The van der Waals surface area contributed by atoms with Crippen molar-refractivity contribution in [2.75, 3.05) is 24.5 Å². The van der Waals surface area contributed by atoms with Crippen molar-refractivity contribution in [3.8, 4) is 5.82 Å². The van der Waals surface area contributed by atoms with E-state index in [-0.39, 0.29) is 11.8 Å². The Morgan fingerprint density at radius 3 is 2.78 bits per heavy atom. The Bertz CT molecular complexity index is 1220. The number of benzene rings is 1. The SMILES string of the molecule is Cc1nccn1-c1cc(N2CCC(C(=O)NCCc3c[nH]c4ccccc34)CC2)ncn1. The number of imidazole rings is 1. The van der Waals surface area contributed by atoms with Crippen molar-refractivity contribution < 1.29 is 4.79 Å². The van der Waals surface area contributed by atoms with E-state index in [4.69, 9.17) is 0 Å². The number of nitrogens with one attached hydrogen (secondary N) is 2. The fraction of sp³-hybridized carbons (Fsp3) is 0.333. The van der Waals surface area contributed by atoms with Gasteiger partial charge in [-0.1, -0.05) is 18.2 Å². The van der Waals surface area contributed by atoms with Gasteiger partial charge in [-0.05, 0) is 37.8 Å². The van der Waals surface area contributed by atoms with Crippen molar-refractivity contribution >= 4 is 22.6 Å². The molecule has 4 aromatic rings. The molecule has 8 nitrogen and oxygen atoms in total. The molecule has 1 aromatic carbocycles. The summed E-state index contributed by atoms with van der Waals surface area (Å²) in [6, 6.07) is 10.2. The van der Waals surface area contributed by atoms with Gasteiger partial charge in [0.1, 0.15) is 23.8 Å². The molecule has 0 bridgehead atoms. The monoisotopic (exact) mass is 429 g/mol. The van der Waals surface area contributed by atoms with E-state index in [2.05, 4.69) is 42.3 Å². The van der Waals surface area contributed by atoms with E-state index in [0.29, 0.717) is 6.54 Å². The van der Waals surface area contributed by atoms with Gasteiger partial charge < -0.3 is 15.2 Å². The van der Waals surface area contributed by atoms with Crippen LogP contribution in [0.4, 0.5) is 5.82 Å². The van der Waals surface area contributed by atoms with E-state index in [1.165, 1.54) is 10.9 Å². The lowest BCUT2D eigenvalue weighted by atomic mass is 9.96. The Labute approximate surface area is 186 Å². The number of aromatic nitrogens is 5. The molecule has 0 unspecified atom stereocenters. The van der Waals surface area contributed by atoms with Crippen molar-refractivity contribution in [3.05, 3.63) is 66.6 Å². The van der Waals surface area contributed by atoms with Gasteiger partial charge >= 0.3 is 0 Å². The molecule has 0 spiro atoms. The molecule has 164 valence electrons. The third-order valence-corrected chi connectivity index (χ3v) is 6.27. The summed E-state index contributed by atoms with van der Waals surface area (Å²) in [5, 5.41) is 4.36. The van der Waals surface area contributed by atoms with Crippen LogP contribution in [0.25, 0.3) is 16.7 Å². The molecule has 1 saturated heterocycles. The first-order chi connectivity index (χ1) is 15.7. The molecule has 4 heterocycles. The molecule has 3 aromatic heterocycles. The molecule has 1 aliphatic rings. The molecule has 2 N–H and O–H groups in total. The lowest BCUT2D eigenvalue weighted by Gasteiger charge is -2.32. The van der Waals surface area contributed by atoms with Crippen LogP contribution in [0.1, 0.15) is 24.2 Å². The molecular weight excluding hydrogens is 402 g/mol. The van der Waals surface area contributed by atoms with Crippen LogP contribution in [0, 0.1) is 12.8 Å². The lowest BCUT2D eigenvalue weighted by Crippen LogP contribution is -2.41. The number of carbonyl (C=O) groups is 1. The highest BCUT2D eigenvalue weighted by molar-refractivity contribution is 5.83. The largest absolute Gasteiger partial charge is 0.361 e. The number of piperidine rings is 1. The Morgan fingerprint density at radius 1 is 1.16 bits per heavy atom. The Balaban J connectivity index is 1.14. The highest BCUT2D eigenvalue weighted by Gasteiger charge is 2.25. The minimum atomic E-state index is 0.0476. The highest BCUT2D eigenvalue weighted by atomic mass is 16.1. The second-order valence-electron chi connectivity index (χ2n) is 8.24. The van der Waals surface area contributed by atoms with Crippen LogP contribution >= 0.6 is 0 Å². The first-order valence-corrected chi connectivity index (χ1v) is 11.1. The highest BCUT2D eigenvalue weighted by Crippen LogP contribution is 2.23. The van der Waals surface area contributed by atoms with Gasteiger partial charge in [0.15, 0.2) is 0 Å². The molecule has 1 amide bonds. The van der Waals surface area contributed by atoms with Gasteiger partial charge in [0.25, 0.3) is 0 Å². The van der Waals surface area contributed by atoms with Crippen LogP contribution in [0.15, 0.2) is 55.2 Å². The number of aryl methyl sites for hydroxylation is 1. The zero-order valence-corrected chi connectivity index (χ0v) is 18.2. The Hall–Kier alpha value is -3.68. The molecule has 0 saturated carbocycles. The molecule has 0 atom stereocenters. The van der Waals surface area contributed by atoms with E-state index >= 15 is 0 Å². The van der Waals surface area contributed by atoms with E-state index in [0.717, 1.165) is 55.3 Å². The van der Waals surface area contributed by atoms with Crippen LogP contribution in [0.3, 0.4) is 0 Å². The maximum atomic E-state index is 12.7. The second-order valence-corrected chi connectivity index (χ2v) is 8.24. The predicted molar refractivity (Wildman–Crippen MR) is 124 cm³/mol. The Morgan fingerprint density at radius 2 is 1.97 bits per heavy atom. The molecule has 1 aliphatic heterocycles. The standard InChI is InChI=1S/C24H27N7O/c1-17-25-10-13-31(17)23-14-22(28-16-29-23)30-11-7-18(8-12-30)24(32)26-9-6-19-15-27-21-5-3-2-4-20(19)21/h2-5,10,13-16,18,27H,6-9,11-12H2,1H3,(H,26,32). The van der Waals surface area contributed by atoms with E-state index in [1.807, 2.05) is 42.1 Å². The second kappa shape index (κ2) is 8.82. The van der Waals surface area contributed by atoms with Gasteiger partial charge in [0.05, 0.1) is 0 Å². The average Bonchev–Trinajstić information content (AvgIpc) is 3.45. The van der Waals surface area contributed by atoms with Crippen LogP contribution in [-0.2, 0) is 11.2 Å². The van der Waals surface area contributed by atoms with E-state index < -0.39 is 0 Å². The number of fused-ring (bicyclic) bond motifs is 1. The number of anilines is 1. The number of rotatable bonds is 6. The predicted octanol–water partition coefficient (Wildman–Crippen LogP) is 3.03. The number of amides is 1.